The standard InChI is InChI=1S/C10H18N4O2.ClH/c1-16-6-5-14-9(12-13-10(14)15)8-3-2-4-11-7-8;/h8,11H,2-7H2,1H3,(H,13,15);1H. The van der Waals surface area contributed by atoms with Crippen molar-refractivity contribution in [2.45, 2.75) is 25.3 Å². The van der Waals surface area contributed by atoms with E-state index >= 15 is 0 Å². The molecule has 1 atom stereocenters. The number of methoxy groups -OCH3 is 1. The lowest BCUT2D eigenvalue weighted by molar-refractivity contribution is 0.184. The topological polar surface area (TPSA) is 71.9 Å². The van der Waals surface area contributed by atoms with Gasteiger partial charge in [-0.1, -0.05) is 0 Å². The highest BCUT2D eigenvalue weighted by Gasteiger charge is 2.21. The average molecular weight is 263 g/mol. The first kappa shape index (κ1) is 14.2. The fourth-order valence-corrected chi connectivity index (χ4v) is 2.11. The first-order valence-corrected chi connectivity index (χ1v) is 5.67. The monoisotopic (exact) mass is 262 g/mol. The number of aromatic nitrogens is 3. The van der Waals surface area contributed by atoms with E-state index < -0.39 is 0 Å². The molecule has 1 aromatic heterocycles. The summed E-state index contributed by atoms with van der Waals surface area (Å²) in [4.78, 5) is 11.6. The highest BCUT2D eigenvalue weighted by atomic mass is 35.5. The zero-order valence-electron chi connectivity index (χ0n) is 9.94. The summed E-state index contributed by atoms with van der Waals surface area (Å²) in [5.41, 5.74) is -0.141. The SMILES string of the molecule is COCCn1c(C2CCCNC2)n[nH]c1=O.Cl. The second-order valence-electron chi connectivity index (χ2n) is 4.07. The van der Waals surface area contributed by atoms with Crippen molar-refractivity contribution in [1.29, 1.82) is 0 Å². The summed E-state index contributed by atoms with van der Waals surface area (Å²) in [5, 5.41) is 9.97. The van der Waals surface area contributed by atoms with Crippen LogP contribution in [-0.4, -0.2) is 41.6 Å². The van der Waals surface area contributed by atoms with Gasteiger partial charge in [0, 0.05) is 19.6 Å². The van der Waals surface area contributed by atoms with Crippen LogP contribution >= 0.6 is 12.4 Å². The molecule has 1 saturated heterocycles. The Morgan fingerprint density at radius 2 is 2.41 bits per heavy atom. The minimum absolute atomic E-state index is 0. The van der Waals surface area contributed by atoms with E-state index in [0.29, 0.717) is 19.1 Å². The number of H-pyrrole nitrogens is 1. The van der Waals surface area contributed by atoms with Gasteiger partial charge in [0.2, 0.25) is 0 Å². The molecule has 2 N–H and O–H groups in total. The number of nitrogens with zero attached hydrogens (tertiary/aromatic N) is 2. The van der Waals surface area contributed by atoms with E-state index in [2.05, 4.69) is 15.5 Å². The Kier molecular flexibility index (Phi) is 5.67. The molecule has 0 radical (unpaired) electrons. The lowest BCUT2D eigenvalue weighted by atomic mass is 9.99. The molecule has 0 amide bonds. The second-order valence-corrected chi connectivity index (χ2v) is 4.07. The summed E-state index contributed by atoms with van der Waals surface area (Å²) < 4.78 is 6.68. The molecule has 1 aliphatic rings. The van der Waals surface area contributed by atoms with Crippen molar-refractivity contribution in [2.24, 2.45) is 0 Å². The first-order valence-electron chi connectivity index (χ1n) is 5.67. The third-order valence-electron chi connectivity index (χ3n) is 2.97. The van der Waals surface area contributed by atoms with Crippen LogP contribution in [0.4, 0.5) is 0 Å². The van der Waals surface area contributed by atoms with E-state index in [-0.39, 0.29) is 18.1 Å². The number of hydrogen-bond acceptors (Lipinski definition) is 4. The van der Waals surface area contributed by atoms with Crippen LogP contribution in [0.15, 0.2) is 4.79 Å². The smallest absolute Gasteiger partial charge is 0.343 e. The minimum atomic E-state index is -0.141. The van der Waals surface area contributed by atoms with Gasteiger partial charge in [0.15, 0.2) is 0 Å². The van der Waals surface area contributed by atoms with Gasteiger partial charge in [-0.2, -0.15) is 5.10 Å². The Bertz CT molecular complexity index is 384. The van der Waals surface area contributed by atoms with Crippen molar-refractivity contribution in [1.82, 2.24) is 20.1 Å². The van der Waals surface area contributed by atoms with Crippen LogP contribution in [0.2, 0.25) is 0 Å². The van der Waals surface area contributed by atoms with Gasteiger partial charge in [-0.25, -0.2) is 9.89 Å². The number of nitrogens with one attached hydrogen (secondary N) is 2. The van der Waals surface area contributed by atoms with Gasteiger partial charge < -0.3 is 10.1 Å². The third-order valence-corrected chi connectivity index (χ3v) is 2.97. The lowest BCUT2D eigenvalue weighted by Crippen LogP contribution is -2.31. The molecular weight excluding hydrogens is 244 g/mol. The Morgan fingerprint density at radius 3 is 3.06 bits per heavy atom. The summed E-state index contributed by atoms with van der Waals surface area (Å²) in [6.07, 6.45) is 2.22. The number of aromatic amines is 1. The molecule has 0 bridgehead atoms. The summed E-state index contributed by atoms with van der Waals surface area (Å²) in [7, 11) is 1.63. The highest BCUT2D eigenvalue weighted by Crippen LogP contribution is 2.19. The molecule has 17 heavy (non-hydrogen) atoms. The number of rotatable bonds is 4. The molecule has 0 aromatic carbocycles. The van der Waals surface area contributed by atoms with Gasteiger partial charge in [0.1, 0.15) is 5.82 Å². The highest BCUT2D eigenvalue weighted by molar-refractivity contribution is 5.85. The molecular formula is C10H19ClN4O2. The summed E-state index contributed by atoms with van der Waals surface area (Å²) in [6.45, 7) is 3.06. The van der Waals surface area contributed by atoms with E-state index in [1.54, 1.807) is 11.7 Å². The zero-order chi connectivity index (χ0) is 11.4. The predicted octanol–water partition coefficient (Wildman–Crippen LogP) is 0.107. The molecule has 1 fully saturated rings. The van der Waals surface area contributed by atoms with Crippen LogP contribution in [0.1, 0.15) is 24.6 Å². The van der Waals surface area contributed by atoms with Crippen LogP contribution < -0.4 is 11.0 Å². The molecule has 2 rings (SSSR count). The van der Waals surface area contributed by atoms with Crippen molar-refractivity contribution < 1.29 is 4.74 Å². The number of hydrogen-bond donors (Lipinski definition) is 2. The Morgan fingerprint density at radius 1 is 1.59 bits per heavy atom. The third kappa shape index (κ3) is 3.31. The van der Waals surface area contributed by atoms with E-state index in [4.69, 9.17) is 4.74 Å². The van der Waals surface area contributed by atoms with Crippen LogP contribution in [0.5, 0.6) is 0 Å². The van der Waals surface area contributed by atoms with E-state index in [1.165, 1.54) is 0 Å². The maximum atomic E-state index is 11.6. The van der Waals surface area contributed by atoms with Crippen molar-refractivity contribution in [3.8, 4) is 0 Å². The first-order chi connectivity index (χ1) is 7.83. The fraction of sp³-hybridized carbons (Fsp3) is 0.800. The van der Waals surface area contributed by atoms with Gasteiger partial charge in [-0.05, 0) is 19.4 Å². The summed E-state index contributed by atoms with van der Waals surface area (Å²) >= 11 is 0. The molecule has 1 unspecified atom stereocenters. The normalized spacial score (nSPS) is 19.9. The van der Waals surface area contributed by atoms with Crippen molar-refractivity contribution in [2.75, 3.05) is 26.8 Å². The average Bonchev–Trinajstić information content (AvgIpc) is 2.69. The molecule has 98 valence electrons. The molecule has 6 nitrogen and oxygen atoms in total. The summed E-state index contributed by atoms with van der Waals surface area (Å²) in [5.74, 6) is 1.19. The zero-order valence-corrected chi connectivity index (χ0v) is 10.8. The Hall–Kier alpha value is -0.850. The van der Waals surface area contributed by atoms with E-state index in [9.17, 15) is 4.79 Å². The number of piperidine rings is 1. The van der Waals surface area contributed by atoms with Crippen molar-refractivity contribution in [3.63, 3.8) is 0 Å². The number of halogens is 1. The Balaban J connectivity index is 0.00000144. The maximum Gasteiger partial charge on any atom is 0.343 e. The minimum Gasteiger partial charge on any atom is -0.383 e. The van der Waals surface area contributed by atoms with Crippen LogP contribution in [0.25, 0.3) is 0 Å². The fourth-order valence-electron chi connectivity index (χ4n) is 2.11. The lowest BCUT2D eigenvalue weighted by Gasteiger charge is -2.22. The molecule has 1 aromatic rings. The molecule has 0 spiro atoms. The predicted molar refractivity (Wildman–Crippen MR) is 66.8 cm³/mol. The van der Waals surface area contributed by atoms with Crippen molar-refractivity contribution in [3.05, 3.63) is 16.3 Å². The van der Waals surface area contributed by atoms with Crippen LogP contribution in [-0.2, 0) is 11.3 Å². The molecule has 0 saturated carbocycles. The van der Waals surface area contributed by atoms with Gasteiger partial charge in [0.05, 0.1) is 13.2 Å². The van der Waals surface area contributed by atoms with Gasteiger partial charge >= 0.3 is 5.69 Å². The van der Waals surface area contributed by atoms with Gasteiger partial charge in [0.25, 0.3) is 0 Å². The molecule has 7 heteroatoms. The molecule has 0 aliphatic carbocycles. The van der Waals surface area contributed by atoms with Crippen molar-refractivity contribution >= 4 is 12.4 Å². The second kappa shape index (κ2) is 6.78. The Labute approximate surface area is 106 Å². The molecule has 1 aliphatic heterocycles. The van der Waals surface area contributed by atoms with Crippen LogP contribution in [0.3, 0.4) is 0 Å². The van der Waals surface area contributed by atoms with Gasteiger partial charge in [-0.15, -0.1) is 12.4 Å². The van der Waals surface area contributed by atoms with Crippen LogP contribution in [0, 0.1) is 0 Å². The van der Waals surface area contributed by atoms with E-state index in [0.717, 1.165) is 31.8 Å². The number of ether oxygens (including phenoxy) is 1. The van der Waals surface area contributed by atoms with E-state index in [1.807, 2.05) is 0 Å². The summed E-state index contributed by atoms with van der Waals surface area (Å²) in [6, 6.07) is 0. The maximum absolute atomic E-state index is 11.6. The van der Waals surface area contributed by atoms with Gasteiger partial charge in [-0.3, -0.25) is 4.57 Å². The largest absolute Gasteiger partial charge is 0.383 e. The quantitative estimate of drug-likeness (QED) is 0.808. The molecule has 2 heterocycles.